The van der Waals surface area contributed by atoms with Crippen molar-refractivity contribution in [1.82, 2.24) is 4.98 Å². The van der Waals surface area contributed by atoms with E-state index in [1.54, 1.807) is 26.0 Å². The maximum absolute atomic E-state index is 12.3. The number of esters is 1. The molecule has 0 unspecified atom stereocenters. The molecule has 0 fully saturated rings. The van der Waals surface area contributed by atoms with E-state index in [-0.39, 0.29) is 23.1 Å². The molecule has 23 heavy (non-hydrogen) atoms. The van der Waals surface area contributed by atoms with Gasteiger partial charge in [0, 0.05) is 11.3 Å². The number of hydrogen-bond donors (Lipinski definition) is 0. The molecular weight excluding hydrogens is 314 g/mol. The third-order valence-electron chi connectivity index (χ3n) is 3.53. The third-order valence-corrected chi connectivity index (χ3v) is 3.81. The maximum atomic E-state index is 12.3. The Balaban J connectivity index is 2.13. The number of ether oxygens (including phenoxy) is 1. The van der Waals surface area contributed by atoms with Crippen molar-refractivity contribution in [3.05, 3.63) is 62.9 Å². The number of hydrogen-bond acceptors (Lipinski definition) is 4. The van der Waals surface area contributed by atoms with Crippen LogP contribution in [0.4, 0.5) is 0 Å². The molecule has 0 aliphatic heterocycles. The van der Waals surface area contributed by atoms with Gasteiger partial charge in [0.25, 0.3) is 0 Å². The van der Waals surface area contributed by atoms with Gasteiger partial charge in [-0.2, -0.15) is 0 Å². The molecule has 1 aromatic heterocycles. The van der Waals surface area contributed by atoms with E-state index in [0.717, 1.165) is 16.8 Å². The van der Waals surface area contributed by atoms with E-state index in [1.165, 1.54) is 0 Å². The van der Waals surface area contributed by atoms with E-state index in [2.05, 4.69) is 4.98 Å². The van der Waals surface area contributed by atoms with Gasteiger partial charge in [-0.05, 0) is 51.0 Å². The highest BCUT2D eigenvalue weighted by molar-refractivity contribution is 6.32. The minimum absolute atomic E-state index is 0.0895. The van der Waals surface area contributed by atoms with Crippen LogP contribution in [0.1, 0.15) is 43.1 Å². The minimum Gasteiger partial charge on any atom is -0.454 e. The lowest BCUT2D eigenvalue weighted by Gasteiger charge is -2.10. The molecule has 0 saturated heterocycles. The van der Waals surface area contributed by atoms with Gasteiger partial charge in [-0.3, -0.25) is 4.79 Å². The number of pyridine rings is 1. The molecule has 0 radical (unpaired) electrons. The zero-order valence-electron chi connectivity index (χ0n) is 13.6. The molecule has 4 nitrogen and oxygen atoms in total. The number of carbonyl (C=O) groups excluding carboxylic acids is 2. The zero-order chi connectivity index (χ0) is 17.1. The van der Waals surface area contributed by atoms with Crippen molar-refractivity contribution in [2.45, 2.75) is 27.7 Å². The Kier molecular flexibility index (Phi) is 5.16. The number of aromatic nitrogens is 1. The van der Waals surface area contributed by atoms with Crippen molar-refractivity contribution < 1.29 is 14.3 Å². The van der Waals surface area contributed by atoms with Crippen molar-refractivity contribution in [1.29, 1.82) is 0 Å². The third kappa shape index (κ3) is 3.96. The van der Waals surface area contributed by atoms with Gasteiger partial charge in [-0.15, -0.1) is 0 Å². The number of rotatable bonds is 4. The Labute approximate surface area is 140 Å². The summed E-state index contributed by atoms with van der Waals surface area (Å²) in [5.74, 6) is -0.882. The summed E-state index contributed by atoms with van der Waals surface area (Å²) < 4.78 is 5.13. The summed E-state index contributed by atoms with van der Waals surface area (Å²) in [6, 6.07) is 7.33. The largest absolute Gasteiger partial charge is 0.454 e. The second-order valence-electron chi connectivity index (χ2n) is 5.56. The molecule has 0 atom stereocenters. The predicted octanol–water partition coefficient (Wildman–Crippen LogP) is 4.01. The van der Waals surface area contributed by atoms with Crippen molar-refractivity contribution in [2.75, 3.05) is 6.61 Å². The summed E-state index contributed by atoms with van der Waals surface area (Å²) in [6.45, 7) is 6.97. The fraction of sp³-hybridized carbons (Fsp3) is 0.278. The van der Waals surface area contributed by atoms with Crippen LogP contribution in [0.5, 0.6) is 0 Å². The second kappa shape index (κ2) is 6.92. The molecule has 0 amide bonds. The first-order valence-corrected chi connectivity index (χ1v) is 7.58. The van der Waals surface area contributed by atoms with Gasteiger partial charge in [0.15, 0.2) is 6.61 Å². The average Bonchev–Trinajstić information content (AvgIpc) is 2.46. The van der Waals surface area contributed by atoms with Crippen molar-refractivity contribution in [3.63, 3.8) is 0 Å². The first kappa shape index (κ1) is 17.2. The molecule has 0 spiro atoms. The van der Waals surface area contributed by atoms with Crippen LogP contribution in [-0.2, 0) is 4.74 Å². The highest BCUT2D eigenvalue weighted by Crippen LogP contribution is 2.20. The van der Waals surface area contributed by atoms with Crippen LogP contribution in [0.25, 0.3) is 0 Å². The lowest BCUT2D eigenvalue weighted by Crippen LogP contribution is -2.17. The van der Waals surface area contributed by atoms with Gasteiger partial charge in [-0.25, -0.2) is 9.78 Å². The molecule has 120 valence electrons. The number of aryl methyl sites for hydroxylation is 4. The van der Waals surface area contributed by atoms with Crippen molar-refractivity contribution in [2.24, 2.45) is 0 Å². The van der Waals surface area contributed by atoms with E-state index in [9.17, 15) is 9.59 Å². The summed E-state index contributed by atoms with van der Waals surface area (Å²) >= 11 is 6.01. The molecule has 1 aromatic carbocycles. The summed E-state index contributed by atoms with van der Waals surface area (Å²) in [5, 5.41) is 0.0895. The first-order valence-electron chi connectivity index (χ1n) is 7.21. The number of Topliss-reactive ketones (excluding diaryl/α,β-unsaturated/α-hetero) is 1. The van der Waals surface area contributed by atoms with Gasteiger partial charge in [0.1, 0.15) is 5.15 Å². The molecule has 1 heterocycles. The molecule has 0 aliphatic carbocycles. The van der Waals surface area contributed by atoms with Crippen LogP contribution in [-0.4, -0.2) is 23.3 Å². The standard InChI is InChI=1S/C18H18ClNO3/c1-10-5-6-11(2)14(7-10)15(21)9-23-18(22)16-12(3)8-13(4)20-17(16)19/h5-8H,9H2,1-4H3. The van der Waals surface area contributed by atoms with E-state index in [1.807, 2.05) is 26.0 Å². The number of benzene rings is 1. The maximum Gasteiger partial charge on any atom is 0.342 e. The van der Waals surface area contributed by atoms with Crippen LogP contribution in [0.3, 0.4) is 0 Å². The minimum atomic E-state index is -0.640. The molecule has 2 aromatic rings. The van der Waals surface area contributed by atoms with E-state index < -0.39 is 5.97 Å². The molecule has 2 rings (SSSR count). The van der Waals surface area contributed by atoms with Crippen LogP contribution < -0.4 is 0 Å². The molecule has 5 heteroatoms. The molecule has 0 aliphatic rings. The van der Waals surface area contributed by atoms with E-state index >= 15 is 0 Å². The topological polar surface area (TPSA) is 56.3 Å². The average molecular weight is 332 g/mol. The highest BCUT2D eigenvalue weighted by atomic mass is 35.5. The predicted molar refractivity (Wildman–Crippen MR) is 89.3 cm³/mol. The quantitative estimate of drug-likeness (QED) is 0.482. The fourth-order valence-corrected chi connectivity index (χ4v) is 2.71. The normalized spacial score (nSPS) is 10.5. The van der Waals surface area contributed by atoms with Gasteiger partial charge >= 0.3 is 5.97 Å². The van der Waals surface area contributed by atoms with Crippen molar-refractivity contribution in [3.8, 4) is 0 Å². The number of halogens is 1. The Morgan fingerprint density at radius 3 is 2.43 bits per heavy atom. The van der Waals surface area contributed by atoms with Gasteiger partial charge < -0.3 is 4.74 Å². The number of carbonyl (C=O) groups is 2. The van der Waals surface area contributed by atoms with Crippen LogP contribution >= 0.6 is 11.6 Å². The fourth-order valence-electron chi connectivity index (χ4n) is 2.35. The Bertz CT molecular complexity index is 761. The number of ketones is 1. The SMILES string of the molecule is Cc1ccc(C)c(C(=O)COC(=O)c2c(C)cc(C)nc2Cl)c1. The van der Waals surface area contributed by atoms with E-state index in [0.29, 0.717) is 11.1 Å². The zero-order valence-corrected chi connectivity index (χ0v) is 14.3. The molecule has 0 bridgehead atoms. The summed E-state index contributed by atoms with van der Waals surface area (Å²) in [5.41, 5.74) is 3.98. The molecule has 0 saturated carbocycles. The van der Waals surface area contributed by atoms with Crippen LogP contribution in [0.2, 0.25) is 5.15 Å². The summed E-state index contributed by atoms with van der Waals surface area (Å²) in [7, 11) is 0. The van der Waals surface area contributed by atoms with E-state index in [4.69, 9.17) is 16.3 Å². The second-order valence-corrected chi connectivity index (χ2v) is 5.92. The van der Waals surface area contributed by atoms with Gasteiger partial charge in [0.2, 0.25) is 5.78 Å². The molecule has 0 N–H and O–H groups in total. The van der Waals surface area contributed by atoms with Crippen LogP contribution in [0.15, 0.2) is 24.3 Å². The van der Waals surface area contributed by atoms with Gasteiger partial charge in [-0.1, -0.05) is 29.3 Å². The molecular formula is C18H18ClNO3. The monoisotopic (exact) mass is 331 g/mol. The Morgan fingerprint density at radius 2 is 1.78 bits per heavy atom. The highest BCUT2D eigenvalue weighted by Gasteiger charge is 2.19. The Morgan fingerprint density at radius 1 is 1.09 bits per heavy atom. The lowest BCUT2D eigenvalue weighted by molar-refractivity contribution is 0.0473. The van der Waals surface area contributed by atoms with Crippen LogP contribution in [0, 0.1) is 27.7 Å². The van der Waals surface area contributed by atoms with Gasteiger partial charge in [0.05, 0.1) is 5.56 Å². The first-order chi connectivity index (χ1) is 10.8. The lowest BCUT2D eigenvalue weighted by atomic mass is 10.0. The Hall–Kier alpha value is -2.20. The van der Waals surface area contributed by atoms with Crippen molar-refractivity contribution >= 4 is 23.4 Å². The number of nitrogens with zero attached hydrogens (tertiary/aromatic N) is 1. The summed E-state index contributed by atoms with van der Waals surface area (Å²) in [4.78, 5) is 28.5. The summed E-state index contributed by atoms with van der Waals surface area (Å²) in [6.07, 6.45) is 0. The smallest absolute Gasteiger partial charge is 0.342 e.